The number of aryl methyl sites for hydroxylation is 1. The third-order valence-corrected chi connectivity index (χ3v) is 4.18. The van der Waals surface area contributed by atoms with E-state index in [4.69, 9.17) is 16.3 Å². The average molecular weight is 383 g/mol. The van der Waals surface area contributed by atoms with Gasteiger partial charge in [-0.15, -0.1) is 0 Å². The average Bonchev–Trinajstić information content (AvgIpc) is 2.58. The zero-order valence-corrected chi connectivity index (χ0v) is 16.0. The van der Waals surface area contributed by atoms with Crippen LogP contribution in [0.3, 0.4) is 0 Å². The number of nitrogens with one attached hydrogen (secondary N) is 2. The van der Waals surface area contributed by atoms with Crippen LogP contribution >= 0.6 is 11.6 Å². The van der Waals surface area contributed by atoms with Crippen molar-refractivity contribution in [1.82, 2.24) is 0 Å². The van der Waals surface area contributed by atoms with E-state index >= 15 is 0 Å². The number of likely N-dealkylation sites (N-methyl/N-ethyl adjacent to an activating group) is 1. The summed E-state index contributed by atoms with van der Waals surface area (Å²) in [6, 6.07) is 15.3. The van der Waals surface area contributed by atoms with Gasteiger partial charge in [-0.25, -0.2) is 0 Å². The van der Waals surface area contributed by atoms with Gasteiger partial charge in [0.2, 0.25) is 0 Å². The van der Waals surface area contributed by atoms with E-state index in [1.807, 2.05) is 49.4 Å². The molecule has 0 aliphatic rings. The van der Waals surface area contributed by atoms with Crippen LogP contribution in [0.5, 0.6) is 5.75 Å². The Bertz CT molecular complexity index is 645. The summed E-state index contributed by atoms with van der Waals surface area (Å²) in [7, 11) is 0. The molecule has 0 aliphatic carbocycles. The number of carbonyl (C=O) groups is 1. The summed E-state index contributed by atoms with van der Waals surface area (Å²) in [5, 5.41) is 3.48. The molecule has 2 rings (SSSR count). The molecule has 1 atom stereocenters. The summed E-state index contributed by atoms with van der Waals surface area (Å²) in [4.78, 5) is 13.4. The number of anilines is 1. The van der Waals surface area contributed by atoms with Crippen molar-refractivity contribution in [2.24, 2.45) is 0 Å². The first-order valence-electron chi connectivity index (χ1n) is 8.16. The molecular formula is C19H24Cl2N2O2. The van der Waals surface area contributed by atoms with E-state index in [1.165, 1.54) is 0 Å². The molecule has 0 aromatic heterocycles. The molecule has 2 aromatic rings. The predicted octanol–water partition coefficient (Wildman–Crippen LogP) is -0.425. The summed E-state index contributed by atoms with van der Waals surface area (Å²) in [6.45, 7) is 6.57. The second-order valence-corrected chi connectivity index (χ2v) is 6.08. The van der Waals surface area contributed by atoms with Crippen molar-refractivity contribution in [2.45, 2.75) is 13.8 Å². The molecule has 6 heteroatoms. The second-order valence-electron chi connectivity index (χ2n) is 5.67. The van der Waals surface area contributed by atoms with Crippen LogP contribution in [0.2, 0.25) is 5.02 Å². The van der Waals surface area contributed by atoms with Crippen molar-refractivity contribution in [3.8, 4) is 5.75 Å². The number of ether oxygens (including phenoxy) is 1. The summed E-state index contributed by atoms with van der Waals surface area (Å²) in [5.41, 5.74) is 1.65. The number of hydrogen-bond acceptors (Lipinski definition) is 2. The van der Waals surface area contributed by atoms with Crippen molar-refractivity contribution in [3.63, 3.8) is 0 Å². The molecular weight excluding hydrogens is 359 g/mol. The van der Waals surface area contributed by atoms with Gasteiger partial charge in [0, 0.05) is 0 Å². The number of para-hydroxylation sites is 2. The number of amides is 1. The first kappa shape index (κ1) is 21.3. The van der Waals surface area contributed by atoms with Crippen LogP contribution in [0.25, 0.3) is 0 Å². The molecule has 4 nitrogen and oxygen atoms in total. The molecule has 136 valence electrons. The lowest BCUT2D eigenvalue weighted by atomic mass is 10.2. The normalized spacial score (nSPS) is 11.3. The summed E-state index contributed by atoms with van der Waals surface area (Å²) >= 11 is 6.15. The molecule has 2 aromatic carbocycles. The van der Waals surface area contributed by atoms with E-state index in [0.717, 1.165) is 29.3 Å². The first-order valence-corrected chi connectivity index (χ1v) is 8.54. The lowest BCUT2D eigenvalue weighted by Gasteiger charge is -2.18. The lowest BCUT2D eigenvalue weighted by Crippen LogP contribution is -3.13. The van der Waals surface area contributed by atoms with Crippen LogP contribution in [0, 0.1) is 6.92 Å². The molecule has 2 N–H and O–H groups in total. The Balaban J connectivity index is 0.00000312. The Hall–Kier alpha value is -1.75. The van der Waals surface area contributed by atoms with Gasteiger partial charge < -0.3 is 27.4 Å². The van der Waals surface area contributed by atoms with Crippen LogP contribution in [0.4, 0.5) is 5.69 Å². The quantitative estimate of drug-likeness (QED) is 0.650. The highest BCUT2D eigenvalue weighted by Gasteiger charge is 2.15. The standard InChI is InChI=1S/C19H23ClN2O2.ClH/c1-3-22(12-13-24-16-9-5-4-6-10-16)14-18(23)21-19-15(2)8-7-11-17(19)20;/h4-11H,3,12-14H2,1-2H3,(H,21,23);1H. The number of hydrogen-bond donors (Lipinski definition) is 2. The first-order chi connectivity index (χ1) is 11.6. The Morgan fingerprint density at radius 1 is 1.16 bits per heavy atom. The highest BCUT2D eigenvalue weighted by Crippen LogP contribution is 2.24. The fourth-order valence-corrected chi connectivity index (χ4v) is 2.69. The second kappa shape index (κ2) is 11.0. The van der Waals surface area contributed by atoms with E-state index in [1.54, 1.807) is 6.07 Å². The van der Waals surface area contributed by atoms with Crippen molar-refractivity contribution in [1.29, 1.82) is 0 Å². The maximum Gasteiger partial charge on any atom is 0.279 e. The van der Waals surface area contributed by atoms with E-state index in [2.05, 4.69) is 12.2 Å². The van der Waals surface area contributed by atoms with E-state index in [0.29, 0.717) is 23.9 Å². The molecule has 0 spiro atoms. The van der Waals surface area contributed by atoms with Gasteiger partial charge in [0.05, 0.1) is 17.3 Å². The van der Waals surface area contributed by atoms with Crippen LogP contribution < -0.4 is 27.4 Å². The maximum atomic E-state index is 12.3. The van der Waals surface area contributed by atoms with Gasteiger partial charge in [-0.3, -0.25) is 4.79 Å². The smallest absolute Gasteiger partial charge is 0.279 e. The van der Waals surface area contributed by atoms with Gasteiger partial charge in [0.1, 0.15) is 18.9 Å². The third kappa shape index (κ3) is 6.94. The summed E-state index contributed by atoms with van der Waals surface area (Å²) < 4.78 is 5.70. The van der Waals surface area contributed by atoms with Crippen LogP contribution in [-0.4, -0.2) is 32.1 Å². The van der Waals surface area contributed by atoms with E-state index < -0.39 is 0 Å². The molecule has 0 fully saturated rings. The molecule has 0 saturated carbocycles. The zero-order chi connectivity index (χ0) is 17.4. The number of quaternary nitrogens is 1. The van der Waals surface area contributed by atoms with Gasteiger partial charge in [-0.2, -0.15) is 0 Å². The largest absolute Gasteiger partial charge is 1.00 e. The monoisotopic (exact) mass is 382 g/mol. The SMILES string of the molecule is CC[NH+](CCOc1ccccc1)CC(=O)Nc1c(C)cccc1Cl.[Cl-]. The zero-order valence-electron chi connectivity index (χ0n) is 14.5. The number of benzene rings is 2. The number of halogens is 2. The number of rotatable bonds is 8. The fraction of sp³-hybridized carbons (Fsp3) is 0.316. The summed E-state index contributed by atoms with van der Waals surface area (Å²) in [5.74, 6) is 0.812. The molecule has 1 amide bonds. The Kier molecular flexibility index (Phi) is 9.35. The van der Waals surface area contributed by atoms with Gasteiger partial charge in [-0.1, -0.05) is 41.9 Å². The van der Waals surface area contributed by atoms with E-state index in [9.17, 15) is 4.79 Å². The van der Waals surface area contributed by atoms with Gasteiger partial charge in [0.15, 0.2) is 6.54 Å². The molecule has 0 aliphatic heterocycles. The Morgan fingerprint density at radius 2 is 1.88 bits per heavy atom. The van der Waals surface area contributed by atoms with Crippen molar-refractivity contribution < 1.29 is 26.8 Å². The molecule has 0 bridgehead atoms. The molecule has 0 radical (unpaired) electrons. The van der Waals surface area contributed by atoms with Crippen LogP contribution in [-0.2, 0) is 4.79 Å². The number of carbonyl (C=O) groups excluding carboxylic acids is 1. The van der Waals surface area contributed by atoms with E-state index in [-0.39, 0.29) is 18.3 Å². The minimum atomic E-state index is -0.0391. The van der Waals surface area contributed by atoms with Gasteiger partial charge in [-0.05, 0) is 37.6 Å². The molecule has 1 unspecified atom stereocenters. The predicted molar refractivity (Wildman–Crippen MR) is 98.0 cm³/mol. The highest BCUT2D eigenvalue weighted by atomic mass is 35.5. The fourth-order valence-electron chi connectivity index (χ4n) is 2.42. The molecule has 25 heavy (non-hydrogen) atoms. The highest BCUT2D eigenvalue weighted by molar-refractivity contribution is 6.33. The third-order valence-electron chi connectivity index (χ3n) is 3.86. The van der Waals surface area contributed by atoms with Crippen LogP contribution in [0.15, 0.2) is 48.5 Å². The maximum absolute atomic E-state index is 12.3. The van der Waals surface area contributed by atoms with Crippen molar-refractivity contribution >= 4 is 23.2 Å². The minimum absolute atomic E-state index is 0. The lowest BCUT2D eigenvalue weighted by molar-refractivity contribution is -0.889. The summed E-state index contributed by atoms with van der Waals surface area (Å²) in [6.07, 6.45) is 0. The molecule has 0 heterocycles. The topological polar surface area (TPSA) is 42.8 Å². The Labute approximate surface area is 160 Å². The molecule has 0 saturated heterocycles. The van der Waals surface area contributed by atoms with Crippen molar-refractivity contribution in [3.05, 3.63) is 59.1 Å². The van der Waals surface area contributed by atoms with Gasteiger partial charge in [0.25, 0.3) is 5.91 Å². The minimum Gasteiger partial charge on any atom is -1.00 e. The Morgan fingerprint density at radius 3 is 2.52 bits per heavy atom. The van der Waals surface area contributed by atoms with Gasteiger partial charge >= 0.3 is 0 Å². The van der Waals surface area contributed by atoms with Crippen LogP contribution in [0.1, 0.15) is 12.5 Å². The van der Waals surface area contributed by atoms with Crippen molar-refractivity contribution in [2.75, 3.05) is 31.6 Å².